The third-order valence-corrected chi connectivity index (χ3v) is 6.48. The highest BCUT2D eigenvalue weighted by atomic mass is 16.5. The Labute approximate surface area is 207 Å². The number of nitrogens with zero attached hydrogens (tertiary/aromatic N) is 2. The van der Waals surface area contributed by atoms with Gasteiger partial charge >= 0.3 is 0 Å². The molecule has 7 heteroatoms. The third kappa shape index (κ3) is 6.51. The van der Waals surface area contributed by atoms with E-state index in [0.29, 0.717) is 6.61 Å². The lowest BCUT2D eigenvalue weighted by Crippen LogP contribution is -2.43. The molecule has 0 radical (unpaired) electrons. The molecule has 2 aromatic carbocycles. The molecule has 1 saturated heterocycles. The van der Waals surface area contributed by atoms with E-state index in [1.165, 1.54) is 0 Å². The molecule has 1 unspecified atom stereocenters. The minimum Gasteiger partial charge on any atom is -0.497 e. The average Bonchev–Trinajstić information content (AvgIpc) is 2.92. The lowest BCUT2D eigenvalue weighted by Gasteiger charge is -2.32. The van der Waals surface area contributed by atoms with Crippen molar-refractivity contribution >= 4 is 11.6 Å². The maximum Gasteiger partial charge on any atom is 0.224 e. The fourth-order valence-corrected chi connectivity index (χ4v) is 4.46. The molecule has 0 aliphatic carbocycles. The molecular formula is C28H34N4O3. The first kappa shape index (κ1) is 24.5. The zero-order valence-corrected chi connectivity index (χ0v) is 20.4. The summed E-state index contributed by atoms with van der Waals surface area (Å²) in [6.07, 6.45) is 3.40. The number of aromatic nitrogens is 1. The lowest BCUT2D eigenvalue weighted by atomic mass is 9.94. The number of benzene rings is 2. The van der Waals surface area contributed by atoms with Gasteiger partial charge in [0.2, 0.25) is 5.91 Å². The fourth-order valence-electron chi connectivity index (χ4n) is 4.46. The van der Waals surface area contributed by atoms with Gasteiger partial charge in [0.05, 0.1) is 24.5 Å². The number of nitrogens with one attached hydrogen (secondary N) is 2. The number of methoxy groups -OCH3 is 1. The van der Waals surface area contributed by atoms with E-state index in [0.717, 1.165) is 60.9 Å². The van der Waals surface area contributed by atoms with E-state index in [-0.39, 0.29) is 17.9 Å². The fraction of sp³-hybridized carbons (Fsp3) is 0.357. The van der Waals surface area contributed by atoms with Crippen LogP contribution < -0.4 is 20.1 Å². The second kappa shape index (κ2) is 12.2. The summed E-state index contributed by atoms with van der Waals surface area (Å²) in [4.78, 5) is 20.1. The van der Waals surface area contributed by atoms with Crippen LogP contribution in [0.3, 0.4) is 0 Å². The number of amides is 1. The van der Waals surface area contributed by atoms with Crippen molar-refractivity contribution < 1.29 is 14.3 Å². The molecule has 1 aromatic heterocycles. The van der Waals surface area contributed by atoms with Crippen molar-refractivity contribution in [1.29, 1.82) is 0 Å². The van der Waals surface area contributed by atoms with Crippen LogP contribution in [0.1, 0.15) is 30.1 Å². The Hall–Kier alpha value is -3.58. The summed E-state index contributed by atoms with van der Waals surface area (Å²) in [5.74, 6) is 1.67. The van der Waals surface area contributed by atoms with Crippen molar-refractivity contribution in [3.63, 3.8) is 0 Å². The summed E-state index contributed by atoms with van der Waals surface area (Å²) >= 11 is 0. The van der Waals surface area contributed by atoms with Gasteiger partial charge in [-0.2, -0.15) is 0 Å². The monoisotopic (exact) mass is 474 g/mol. The number of carbonyl (C=O) groups excluding carboxylic acids is 1. The van der Waals surface area contributed by atoms with Gasteiger partial charge in [-0.1, -0.05) is 30.3 Å². The Balaban J connectivity index is 1.32. The molecule has 35 heavy (non-hydrogen) atoms. The van der Waals surface area contributed by atoms with Crippen LogP contribution in [0.25, 0.3) is 0 Å². The number of piperidine rings is 1. The van der Waals surface area contributed by atoms with Crippen LogP contribution in [0.15, 0.2) is 72.9 Å². The number of carbonyl (C=O) groups is 1. The van der Waals surface area contributed by atoms with E-state index >= 15 is 0 Å². The number of ether oxygens (including phenoxy) is 2. The van der Waals surface area contributed by atoms with Crippen molar-refractivity contribution in [1.82, 2.24) is 15.2 Å². The van der Waals surface area contributed by atoms with Crippen LogP contribution in [0.5, 0.6) is 11.5 Å². The Morgan fingerprint density at radius 2 is 1.89 bits per heavy atom. The number of hydrogen-bond donors (Lipinski definition) is 2. The molecule has 0 saturated carbocycles. The minimum absolute atomic E-state index is 0.0194. The lowest BCUT2D eigenvalue weighted by molar-refractivity contribution is -0.127. The molecule has 1 amide bonds. The number of anilines is 1. The topological polar surface area (TPSA) is 75.7 Å². The molecule has 4 rings (SSSR count). The SMILES string of the molecule is CNc1ccccc1OCCN1CCC(C(=O)NC(c2cccc(OC)c2)c2ccccn2)CC1. The van der Waals surface area contributed by atoms with Crippen molar-refractivity contribution in [3.8, 4) is 11.5 Å². The predicted molar refractivity (Wildman–Crippen MR) is 138 cm³/mol. The largest absolute Gasteiger partial charge is 0.497 e. The summed E-state index contributed by atoms with van der Waals surface area (Å²) in [6.45, 7) is 3.21. The molecule has 1 fully saturated rings. The van der Waals surface area contributed by atoms with Crippen LogP contribution in [0, 0.1) is 5.92 Å². The van der Waals surface area contributed by atoms with Crippen LogP contribution in [-0.4, -0.2) is 56.2 Å². The van der Waals surface area contributed by atoms with Crippen molar-refractivity contribution in [2.24, 2.45) is 5.92 Å². The van der Waals surface area contributed by atoms with Crippen molar-refractivity contribution in [2.45, 2.75) is 18.9 Å². The summed E-state index contributed by atoms with van der Waals surface area (Å²) < 4.78 is 11.4. The second-order valence-electron chi connectivity index (χ2n) is 8.68. The van der Waals surface area contributed by atoms with E-state index in [1.807, 2.05) is 73.8 Å². The zero-order chi connectivity index (χ0) is 24.5. The van der Waals surface area contributed by atoms with Crippen molar-refractivity contribution in [3.05, 3.63) is 84.2 Å². The highest BCUT2D eigenvalue weighted by Crippen LogP contribution is 2.26. The second-order valence-corrected chi connectivity index (χ2v) is 8.68. The molecule has 1 atom stereocenters. The standard InChI is InChI=1S/C28H34N4O3/c1-29-24-10-3-4-12-26(24)35-19-18-32-16-13-21(14-17-32)28(33)31-27(25-11-5-6-15-30-25)22-8-7-9-23(20-22)34-2/h3-12,15,20-21,27,29H,13-14,16-19H2,1-2H3,(H,31,33). The summed E-state index contributed by atoms with van der Waals surface area (Å²) in [5.41, 5.74) is 2.75. The summed E-state index contributed by atoms with van der Waals surface area (Å²) in [7, 11) is 3.54. The number of para-hydroxylation sites is 2. The maximum atomic E-state index is 13.3. The van der Waals surface area contributed by atoms with Gasteiger partial charge in [-0.15, -0.1) is 0 Å². The number of pyridine rings is 1. The van der Waals surface area contributed by atoms with E-state index in [2.05, 4.69) is 20.5 Å². The Bertz CT molecular complexity index is 1080. The molecule has 1 aliphatic heterocycles. The van der Waals surface area contributed by atoms with Gasteiger partial charge in [0.15, 0.2) is 0 Å². The molecular weight excluding hydrogens is 440 g/mol. The molecule has 184 valence electrons. The molecule has 2 N–H and O–H groups in total. The number of hydrogen-bond acceptors (Lipinski definition) is 6. The Morgan fingerprint density at radius 1 is 1.09 bits per heavy atom. The first-order valence-corrected chi connectivity index (χ1v) is 12.1. The highest BCUT2D eigenvalue weighted by Gasteiger charge is 2.28. The van der Waals surface area contributed by atoms with E-state index in [1.54, 1.807) is 13.3 Å². The predicted octanol–water partition coefficient (Wildman–Crippen LogP) is 4.13. The smallest absolute Gasteiger partial charge is 0.224 e. The molecule has 2 heterocycles. The van der Waals surface area contributed by atoms with Gasteiger partial charge in [0, 0.05) is 25.7 Å². The van der Waals surface area contributed by atoms with Crippen LogP contribution in [0.4, 0.5) is 5.69 Å². The zero-order valence-electron chi connectivity index (χ0n) is 20.4. The van der Waals surface area contributed by atoms with Gasteiger partial charge < -0.3 is 20.1 Å². The van der Waals surface area contributed by atoms with E-state index < -0.39 is 0 Å². The molecule has 0 bridgehead atoms. The maximum absolute atomic E-state index is 13.3. The molecule has 3 aromatic rings. The van der Waals surface area contributed by atoms with Gasteiger partial charge in [-0.25, -0.2) is 0 Å². The van der Waals surface area contributed by atoms with Crippen LogP contribution >= 0.6 is 0 Å². The summed E-state index contributed by atoms with van der Waals surface area (Å²) in [6, 6.07) is 21.2. The first-order valence-electron chi connectivity index (χ1n) is 12.1. The number of rotatable bonds is 10. The quantitative estimate of drug-likeness (QED) is 0.460. The van der Waals surface area contributed by atoms with E-state index in [4.69, 9.17) is 9.47 Å². The van der Waals surface area contributed by atoms with Gasteiger partial charge in [-0.3, -0.25) is 14.7 Å². The highest BCUT2D eigenvalue weighted by molar-refractivity contribution is 5.79. The van der Waals surface area contributed by atoms with Gasteiger partial charge in [-0.05, 0) is 67.9 Å². The first-order chi connectivity index (χ1) is 17.2. The summed E-state index contributed by atoms with van der Waals surface area (Å²) in [5, 5.41) is 6.41. The van der Waals surface area contributed by atoms with Crippen LogP contribution in [-0.2, 0) is 4.79 Å². The molecule has 0 spiro atoms. The molecule has 7 nitrogen and oxygen atoms in total. The number of likely N-dealkylation sites (tertiary alicyclic amines) is 1. The van der Waals surface area contributed by atoms with Gasteiger partial charge in [0.1, 0.15) is 18.1 Å². The van der Waals surface area contributed by atoms with E-state index in [9.17, 15) is 4.79 Å². The van der Waals surface area contributed by atoms with Gasteiger partial charge in [0.25, 0.3) is 0 Å². The normalized spacial score (nSPS) is 15.3. The molecule has 1 aliphatic rings. The Morgan fingerprint density at radius 3 is 2.63 bits per heavy atom. The minimum atomic E-state index is -0.322. The third-order valence-electron chi connectivity index (χ3n) is 6.48. The van der Waals surface area contributed by atoms with Crippen molar-refractivity contribution in [2.75, 3.05) is 45.7 Å². The van der Waals surface area contributed by atoms with Crippen LogP contribution in [0.2, 0.25) is 0 Å². The average molecular weight is 475 g/mol. The Kier molecular flexibility index (Phi) is 8.57.